The third-order valence-electron chi connectivity index (χ3n) is 4.36. The van der Waals surface area contributed by atoms with Gasteiger partial charge in [-0.25, -0.2) is 5.43 Å². The van der Waals surface area contributed by atoms with Gasteiger partial charge in [-0.15, -0.1) is 0 Å². The number of halogens is 1. The zero-order valence-electron chi connectivity index (χ0n) is 15.7. The molecule has 0 aliphatic rings. The molecule has 2 heterocycles. The van der Waals surface area contributed by atoms with Crippen LogP contribution >= 0.6 is 11.6 Å². The van der Waals surface area contributed by atoms with Crippen LogP contribution in [0.2, 0.25) is 5.02 Å². The Morgan fingerprint density at radius 2 is 2.04 bits per heavy atom. The lowest BCUT2D eigenvalue weighted by Gasteiger charge is -2.06. The zero-order chi connectivity index (χ0) is 19.6. The summed E-state index contributed by atoms with van der Waals surface area (Å²) in [5, 5.41) is 9.35. The third-order valence-corrected chi connectivity index (χ3v) is 4.73. The van der Waals surface area contributed by atoms with E-state index in [0.717, 1.165) is 22.5 Å². The number of aryl methyl sites for hydroxylation is 3. The van der Waals surface area contributed by atoms with Gasteiger partial charge in [0.25, 0.3) is 5.91 Å². The first-order chi connectivity index (χ1) is 12.9. The largest absolute Gasteiger partial charge is 0.466 e. The van der Waals surface area contributed by atoms with Crippen molar-refractivity contribution in [3.8, 4) is 0 Å². The van der Waals surface area contributed by atoms with E-state index in [-0.39, 0.29) is 5.91 Å². The molecular weight excluding hydrogens is 364 g/mol. The Balaban J connectivity index is 1.75. The number of carbonyl (C=O) groups excluding carboxylic acids is 1. The molecule has 1 aromatic carbocycles. The van der Waals surface area contributed by atoms with Crippen LogP contribution in [0.1, 0.15) is 44.4 Å². The first-order valence-corrected chi connectivity index (χ1v) is 8.92. The molecule has 0 saturated heterocycles. The van der Waals surface area contributed by atoms with Gasteiger partial charge in [0, 0.05) is 16.3 Å². The van der Waals surface area contributed by atoms with Crippen molar-refractivity contribution < 1.29 is 9.21 Å². The number of carbonyl (C=O) groups is 1. The summed E-state index contributed by atoms with van der Waals surface area (Å²) in [6.45, 7) is 7.98. The molecule has 0 unspecified atom stereocenters. The summed E-state index contributed by atoms with van der Waals surface area (Å²) in [5.41, 5.74) is 6.64. The maximum absolute atomic E-state index is 12.2. The molecule has 1 N–H and O–H groups in total. The van der Waals surface area contributed by atoms with Crippen molar-refractivity contribution in [2.75, 3.05) is 0 Å². The van der Waals surface area contributed by atoms with E-state index in [0.29, 0.717) is 28.7 Å². The molecule has 2 aromatic heterocycles. The highest BCUT2D eigenvalue weighted by Crippen LogP contribution is 2.19. The van der Waals surface area contributed by atoms with Crippen LogP contribution in [0.5, 0.6) is 0 Å². The van der Waals surface area contributed by atoms with E-state index in [4.69, 9.17) is 16.0 Å². The summed E-state index contributed by atoms with van der Waals surface area (Å²) in [6, 6.07) is 9.38. The maximum atomic E-state index is 12.2. The highest BCUT2D eigenvalue weighted by molar-refractivity contribution is 6.31. The van der Waals surface area contributed by atoms with Crippen LogP contribution < -0.4 is 5.43 Å². The van der Waals surface area contributed by atoms with Gasteiger partial charge in [-0.3, -0.25) is 9.48 Å². The number of hydrogen-bond acceptors (Lipinski definition) is 4. The maximum Gasteiger partial charge on any atom is 0.274 e. The monoisotopic (exact) mass is 384 g/mol. The first kappa shape index (κ1) is 18.9. The van der Waals surface area contributed by atoms with Gasteiger partial charge in [0.05, 0.1) is 24.0 Å². The van der Waals surface area contributed by atoms with Gasteiger partial charge in [0.2, 0.25) is 0 Å². The van der Waals surface area contributed by atoms with Crippen molar-refractivity contribution in [3.05, 3.63) is 75.0 Å². The number of amides is 1. The Labute approximate surface area is 162 Å². The Morgan fingerprint density at radius 1 is 1.30 bits per heavy atom. The lowest BCUT2D eigenvalue weighted by atomic mass is 10.2. The van der Waals surface area contributed by atoms with Crippen molar-refractivity contribution in [1.82, 2.24) is 15.2 Å². The smallest absolute Gasteiger partial charge is 0.274 e. The van der Waals surface area contributed by atoms with Crippen molar-refractivity contribution in [2.45, 2.75) is 34.2 Å². The minimum atomic E-state index is -0.306. The van der Waals surface area contributed by atoms with Crippen molar-refractivity contribution >= 4 is 23.7 Å². The second-order valence-corrected chi connectivity index (χ2v) is 6.77. The fourth-order valence-electron chi connectivity index (χ4n) is 2.91. The molecule has 27 heavy (non-hydrogen) atoms. The van der Waals surface area contributed by atoms with E-state index in [1.54, 1.807) is 26.1 Å². The molecule has 7 heteroatoms. The Kier molecular flexibility index (Phi) is 5.46. The summed E-state index contributed by atoms with van der Waals surface area (Å²) in [4.78, 5) is 12.2. The highest BCUT2D eigenvalue weighted by Gasteiger charge is 2.14. The average Bonchev–Trinajstić information content (AvgIpc) is 3.09. The Morgan fingerprint density at radius 3 is 2.70 bits per heavy atom. The Bertz CT molecular complexity index is 1020. The number of hydrogen-bond donors (Lipinski definition) is 1. The molecule has 3 aromatic rings. The van der Waals surface area contributed by atoms with E-state index >= 15 is 0 Å². The molecule has 0 spiro atoms. The van der Waals surface area contributed by atoms with Crippen LogP contribution in [-0.4, -0.2) is 21.9 Å². The molecule has 0 aliphatic carbocycles. The molecule has 0 fully saturated rings. The molecule has 140 valence electrons. The summed E-state index contributed by atoms with van der Waals surface area (Å²) in [6.07, 6.45) is 1.61. The average molecular weight is 385 g/mol. The van der Waals surface area contributed by atoms with E-state index in [2.05, 4.69) is 15.6 Å². The van der Waals surface area contributed by atoms with Crippen LogP contribution in [0.15, 0.2) is 39.9 Å². The topological polar surface area (TPSA) is 72.4 Å². The van der Waals surface area contributed by atoms with E-state index in [1.165, 1.54) is 0 Å². The highest BCUT2D eigenvalue weighted by atomic mass is 35.5. The number of hydrazone groups is 1. The third kappa shape index (κ3) is 4.11. The summed E-state index contributed by atoms with van der Waals surface area (Å²) >= 11 is 6.24. The lowest BCUT2D eigenvalue weighted by Crippen LogP contribution is -2.17. The fourth-order valence-corrected chi connectivity index (χ4v) is 3.11. The van der Waals surface area contributed by atoms with Gasteiger partial charge in [-0.1, -0.05) is 29.8 Å². The molecule has 6 nitrogen and oxygen atoms in total. The van der Waals surface area contributed by atoms with Gasteiger partial charge in [-0.05, 0) is 45.4 Å². The minimum Gasteiger partial charge on any atom is -0.466 e. The second kappa shape index (κ2) is 7.80. The second-order valence-electron chi connectivity index (χ2n) is 6.36. The molecule has 0 saturated carbocycles. The van der Waals surface area contributed by atoms with Gasteiger partial charge >= 0.3 is 0 Å². The molecular formula is C20H21ClN4O2. The molecule has 0 bridgehead atoms. The Hall–Kier alpha value is -2.86. The molecule has 0 radical (unpaired) electrons. The molecule has 3 rings (SSSR count). The number of furan rings is 1. The SMILES string of the molecule is Cc1cc(C(=O)N/N=C\c2c(C)nn(Cc3ccccc3Cl)c2C)c(C)o1. The lowest BCUT2D eigenvalue weighted by molar-refractivity contribution is 0.0953. The van der Waals surface area contributed by atoms with Crippen molar-refractivity contribution in [3.63, 3.8) is 0 Å². The fraction of sp³-hybridized carbons (Fsp3) is 0.250. The predicted octanol–water partition coefficient (Wildman–Crippen LogP) is 4.18. The number of benzene rings is 1. The van der Waals surface area contributed by atoms with Gasteiger partial charge in [0.15, 0.2) is 0 Å². The van der Waals surface area contributed by atoms with E-state index < -0.39 is 0 Å². The number of nitrogens with zero attached hydrogens (tertiary/aromatic N) is 3. The van der Waals surface area contributed by atoms with Crippen LogP contribution in [0.4, 0.5) is 0 Å². The van der Waals surface area contributed by atoms with E-state index in [9.17, 15) is 4.79 Å². The summed E-state index contributed by atoms with van der Waals surface area (Å²) < 4.78 is 7.25. The first-order valence-electron chi connectivity index (χ1n) is 8.54. The van der Waals surface area contributed by atoms with Crippen molar-refractivity contribution in [2.24, 2.45) is 5.10 Å². The minimum absolute atomic E-state index is 0.306. The van der Waals surface area contributed by atoms with Gasteiger partial charge in [0.1, 0.15) is 11.5 Å². The summed E-state index contributed by atoms with van der Waals surface area (Å²) in [5.74, 6) is 0.952. The van der Waals surface area contributed by atoms with Crippen LogP contribution in [0, 0.1) is 27.7 Å². The predicted molar refractivity (Wildman–Crippen MR) is 105 cm³/mol. The molecule has 0 aliphatic heterocycles. The standard InChI is InChI=1S/C20H21ClN4O2/c1-12-9-17(15(4)27-12)20(26)23-22-10-18-13(2)24-25(14(18)3)11-16-7-5-6-8-19(16)21/h5-10H,11H2,1-4H3,(H,23,26)/b22-10-. The molecule has 0 atom stereocenters. The quantitative estimate of drug-likeness (QED) is 0.530. The number of aromatic nitrogens is 2. The number of rotatable bonds is 5. The summed E-state index contributed by atoms with van der Waals surface area (Å²) in [7, 11) is 0. The van der Waals surface area contributed by atoms with Gasteiger partial charge in [-0.2, -0.15) is 10.2 Å². The van der Waals surface area contributed by atoms with Crippen LogP contribution in [0.25, 0.3) is 0 Å². The zero-order valence-corrected chi connectivity index (χ0v) is 16.5. The van der Waals surface area contributed by atoms with Crippen molar-refractivity contribution in [1.29, 1.82) is 0 Å². The normalized spacial score (nSPS) is 11.3. The van der Waals surface area contributed by atoms with E-state index in [1.807, 2.05) is 42.8 Å². The number of nitrogens with one attached hydrogen (secondary N) is 1. The molecule has 1 amide bonds. The van der Waals surface area contributed by atoms with Crippen LogP contribution in [0.3, 0.4) is 0 Å². The van der Waals surface area contributed by atoms with Gasteiger partial charge < -0.3 is 4.42 Å². The van der Waals surface area contributed by atoms with Crippen LogP contribution in [-0.2, 0) is 6.54 Å².